The molecule has 1 aliphatic heterocycles. The molecule has 4 nitrogen and oxygen atoms in total. The fourth-order valence-corrected chi connectivity index (χ4v) is 3.93. The monoisotopic (exact) mass is 462 g/mol. The summed E-state index contributed by atoms with van der Waals surface area (Å²) in [7, 11) is 0. The molecule has 0 aromatic heterocycles. The van der Waals surface area contributed by atoms with Crippen LogP contribution in [0.25, 0.3) is 5.57 Å². The van der Waals surface area contributed by atoms with Gasteiger partial charge in [0.2, 0.25) is 0 Å². The molecule has 168 valence electrons. The molecule has 0 bridgehead atoms. The van der Waals surface area contributed by atoms with Gasteiger partial charge < -0.3 is 5.32 Å². The Labute approximate surface area is 197 Å². The molecule has 0 saturated carbocycles. The summed E-state index contributed by atoms with van der Waals surface area (Å²) in [5.41, 5.74) is 3.61. The van der Waals surface area contributed by atoms with Gasteiger partial charge in [-0.2, -0.15) is 0 Å². The van der Waals surface area contributed by atoms with Gasteiger partial charge in [0.1, 0.15) is 11.5 Å². The predicted octanol–water partition coefficient (Wildman–Crippen LogP) is 6.48. The van der Waals surface area contributed by atoms with Crippen molar-refractivity contribution in [3.8, 4) is 0 Å². The Morgan fingerprint density at radius 2 is 1.52 bits per heavy atom. The van der Waals surface area contributed by atoms with Crippen LogP contribution in [0.4, 0.5) is 15.8 Å². The molecule has 33 heavy (non-hydrogen) atoms. The van der Waals surface area contributed by atoms with E-state index in [0.29, 0.717) is 22.0 Å². The molecule has 0 aliphatic carbocycles. The number of anilines is 2. The first kappa shape index (κ1) is 22.7. The maximum atomic E-state index is 13.6. The number of carbonyl (C=O) groups excluding carboxylic acids is 2. The zero-order valence-electron chi connectivity index (χ0n) is 18.9. The number of hydrogen-bond donors (Lipinski definition) is 1. The van der Waals surface area contributed by atoms with Gasteiger partial charge in [0, 0.05) is 10.7 Å². The Morgan fingerprint density at radius 1 is 0.879 bits per heavy atom. The minimum atomic E-state index is -0.484. The highest BCUT2D eigenvalue weighted by molar-refractivity contribution is 6.46. The summed E-state index contributed by atoms with van der Waals surface area (Å²) in [4.78, 5) is 28.2. The fourth-order valence-electron chi connectivity index (χ4n) is 3.75. The Kier molecular flexibility index (Phi) is 5.85. The lowest BCUT2D eigenvalue weighted by molar-refractivity contribution is -0.120. The van der Waals surface area contributed by atoms with Crippen molar-refractivity contribution < 1.29 is 14.0 Å². The highest BCUT2D eigenvalue weighted by Gasteiger charge is 2.40. The van der Waals surface area contributed by atoms with Crippen LogP contribution in [-0.2, 0) is 15.0 Å². The van der Waals surface area contributed by atoms with Crippen LogP contribution in [0, 0.1) is 12.7 Å². The quantitative estimate of drug-likeness (QED) is 0.451. The number of benzene rings is 3. The van der Waals surface area contributed by atoms with Crippen LogP contribution >= 0.6 is 11.6 Å². The van der Waals surface area contributed by atoms with Crippen LogP contribution in [-0.4, -0.2) is 11.8 Å². The lowest BCUT2D eigenvalue weighted by Gasteiger charge is -2.21. The third kappa shape index (κ3) is 4.29. The maximum Gasteiger partial charge on any atom is 0.282 e. The second-order valence-electron chi connectivity index (χ2n) is 9.04. The largest absolute Gasteiger partial charge is 0.350 e. The third-order valence-electron chi connectivity index (χ3n) is 5.74. The van der Waals surface area contributed by atoms with Crippen molar-refractivity contribution in [2.24, 2.45) is 0 Å². The van der Waals surface area contributed by atoms with E-state index in [-0.39, 0.29) is 16.7 Å². The summed E-state index contributed by atoms with van der Waals surface area (Å²) >= 11 is 6.25. The van der Waals surface area contributed by atoms with E-state index in [9.17, 15) is 14.0 Å². The minimum Gasteiger partial charge on any atom is -0.350 e. The van der Waals surface area contributed by atoms with Gasteiger partial charge in [0.25, 0.3) is 11.8 Å². The number of nitrogens with one attached hydrogen (secondary N) is 1. The van der Waals surface area contributed by atoms with Crippen molar-refractivity contribution in [1.82, 2.24) is 0 Å². The van der Waals surface area contributed by atoms with E-state index < -0.39 is 17.6 Å². The van der Waals surface area contributed by atoms with Crippen molar-refractivity contribution in [1.29, 1.82) is 0 Å². The van der Waals surface area contributed by atoms with Crippen LogP contribution in [0.3, 0.4) is 0 Å². The number of nitrogens with zero attached hydrogens (tertiary/aromatic N) is 1. The average Bonchev–Trinajstić information content (AvgIpc) is 3.01. The Morgan fingerprint density at radius 3 is 2.12 bits per heavy atom. The van der Waals surface area contributed by atoms with E-state index in [2.05, 4.69) is 26.1 Å². The van der Waals surface area contributed by atoms with E-state index in [4.69, 9.17) is 11.6 Å². The number of carbonyl (C=O) groups is 2. The van der Waals surface area contributed by atoms with Gasteiger partial charge >= 0.3 is 0 Å². The van der Waals surface area contributed by atoms with Gasteiger partial charge in [-0.05, 0) is 65.4 Å². The Bertz CT molecular complexity index is 1270. The normalized spacial score (nSPS) is 14.3. The van der Waals surface area contributed by atoms with Gasteiger partial charge in [-0.3, -0.25) is 9.59 Å². The molecular weight excluding hydrogens is 439 g/mol. The van der Waals surface area contributed by atoms with Gasteiger partial charge in [-0.15, -0.1) is 0 Å². The average molecular weight is 463 g/mol. The van der Waals surface area contributed by atoms with Crippen molar-refractivity contribution >= 4 is 40.4 Å². The van der Waals surface area contributed by atoms with Crippen LogP contribution in [0.5, 0.6) is 0 Å². The van der Waals surface area contributed by atoms with E-state index in [0.717, 1.165) is 16.0 Å². The molecule has 2 amide bonds. The number of amides is 2. The number of imide groups is 1. The summed E-state index contributed by atoms with van der Waals surface area (Å²) < 4.78 is 13.6. The van der Waals surface area contributed by atoms with Crippen molar-refractivity contribution in [3.63, 3.8) is 0 Å². The number of hydrogen-bond acceptors (Lipinski definition) is 3. The molecule has 4 rings (SSSR count). The smallest absolute Gasteiger partial charge is 0.282 e. The zero-order chi connectivity index (χ0) is 23.9. The molecule has 1 aliphatic rings. The van der Waals surface area contributed by atoms with Gasteiger partial charge in [0.05, 0.1) is 11.3 Å². The van der Waals surface area contributed by atoms with E-state index >= 15 is 0 Å². The number of rotatable bonds is 4. The fraction of sp³-hybridized carbons (Fsp3) is 0.185. The summed E-state index contributed by atoms with van der Waals surface area (Å²) in [5.74, 6) is -1.38. The lowest BCUT2D eigenvalue weighted by Crippen LogP contribution is -2.32. The maximum absolute atomic E-state index is 13.6. The standard InChI is InChI=1S/C27H24ClFN2O2/c1-16-21(28)6-5-7-22(16)30-24-23(17-8-12-19(29)13-9-17)25(32)31(26(24)33)20-14-10-18(11-15-20)27(2,3)4/h5-15,30H,1-4H3. The molecule has 3 aromatic carbocycles. The SMILES string of the molecule is Cc1c(Cl)cccc1NC1=C(c2ccc(F)cc2)C(=O)N(c2ccc(C(C)(C)C)cc2)C1=O. The molecule has 6 heteroatoms. The first-order valence-electron chi connectivity index (χ1n) is 10.6. The van der Waals surface area contributed by atoms with Crippen LogP contribution in [0.15, 0.2) is 72.4 Å². The lowest BCUT2D eigenvalue weighted by atomic mass is 9.87. The van der Waals surface area contributed by atoms with Crippen LogP contribution in [0.1, 0.15) is 37.5 Å². The molecule has 1 N–H and O–H groups in total. The van der Waals surface area contributed by atoms with E-state index in [1.165, 1.54) is 24.3 Å². The molecule has 0 saturated heterocycles. The summed E-state index contributed by atoms with van der Waals surface area (Å²) in [6.45, 7) is 8.11. The Hall–Kier alpha value is -3.44. The summed E-state index contributed by atoms with van der Waals surface area (Å²) in [6.07, 6.45) is 0. The van der Waals surface area contributed by atoms with E-state index in [1.807, 2.05) is 19.1 Å². The molecule has 0 fully saturated rings. The van der Waals surface area contributed by atoms with Crippen molar-refractivity contribution in [2.45, 2.75) is 33.1 Å². The summed E-state index contributed by atoms with van der Waals surface area (Å²) in [5, 5.41) is 3.66. The summed E-state index contributed by atoms with van der Waals surface area (Å²) in [6, 6.07) is 18.2. The topological polar surface area (TPSA) is 49.4 Å². The van der Waals surface area contributed by atoms with Crippen LogP contribution < -0.4 is 10.2 Å². The molecule has 0 unspecified atom stereocenters. The van der Waals surface area contributed by atoms with Gasteiger partial charge in [-0.25, -0.2) is 9.29 Å². The number of halogens is 2. The minimum absolute atomic E-state index is 0.0636. The van der Waals surface area contributed by atoms with E-state index in [1.54, 1.807) is 30.3 Å². The highest BCUT2D eigenvalue weighted by atomic mass is 35.5. The molecule has 0 radical (unpaired) electrons. The molecular formula is C27H24ClFN2O2. The van der Waals surface area contributed by atoms with Gasteiger partial charge in [-0.1, -0.05) is 62.7 Å². The first-order chi connectivity index (χ1) is 15.6. The zero-order valence-corrected chi connectivity index (χ0v) is 19.6. The first-order valence-corrected chi connectivity index (χ1v) is 11.0. The second kappa shape index (κ2) is 8.49. The van der Waals surface area contributed by atoms with Gasteiger partial charge in [0.15, 0.2) is 0 Å². The van der Waals surface area contributed by atoms with Crippen molar-refractivity contribution in [3.05, 3.63) is 100.0 Å². The molecule has 1 heterocycles. The molecule has 0 atom stereocenters. The van der Waals surface area contributed by atoms with Crippen LogP contribution in [0.2, 0.25) is 5.02 Å². The second-order valence-corrected chi connectivity index (χ2v) is 9.44. The highest BCUT2D eigenvalue weighted by Crippen LogP contribution is 2.36. The molecule has 3 aromatic rings. The predicted molar refractivity (Wildman–Crippen MR) is 131 cm³/mol. The van der Waals surface area contributed by atoms with Crippen molar-refractivity contribution in [2.75, 3.05) is 10.2 Å². The third-order valence-corrected chi connectivity index (χ3v) is 6.15. The Balaban J connectivity index is 1.80. The molecule has 0 spiro atoms.